The smallest absolute Gasteiger partial charge is 0.291 e. The molecule has 2 aromatic rings. The summed E-state index contributed by atoms with van der Waals surface area (Å²) in [5.74, 6) is 0.493. The molecule has 2 aliphatic rings. The summed E-state index contributed by atoms with van der Waals surface area (Å²) in [7, 11) is 0. The number of benzene rings is 1. The van der Waals surface area contributed by atoms with Crippen LogP contribution in [-0.2, 0) is 0 Å². The van der Waals surface area contributed by atoms with E-state index in [1.165, 1.54) is 30.2 Å². The summed E-state index contributed by atoms with van der Waals surface area (Å²) >= 11 is 5.88. The summed E-state index contributed by atoms with van der Waals surface area (Å²) in [4.78, 5) is 19.5. The van der Waals surface area contributed by atoms with Crippen molar-refractivity contribution in [2.75, 3.05) is 5.32 Å². The van der Waals surface area contributed by atoms with Crippen LogP contribution in [0.1, 0.15) is 80.0 Å². The Labute approximate surface area is 177 Å². The van der Waals surface area contributed by atoms with Gasteiger partial charge >= 0.3 is 0 Å². The number of nitrogens with one attached hydrogen (secondary N) is 3. The molecular weight excluding hydrogens is 384 g/mol. The van der Waals surface area contributed by atoms with Crippen molar-refractivity contribution < 1.29 is 4.79 Å². The molecule has 1 aliphatic carbocycles. The first-order chi connectivity index (χ1) is 14.0. The molecule has 4 rings (SSSR count). The second-order valence-corrected chi connectivity index (χ2v) is 8.86. The lowest BCUT2D eigenvalue weighted by atomic mass is 9.82. The summed E-state index contributed by atoms with van der Waals surface area (Å²) in [6.45, 7) is 4.52. The Bertz CT molecular complexity index is 909. The Morgan fingerprint density at radius 1 is 1.21 bits per heavy atom. The molecule has 1 aliphatic heterocycles. The van der Waals surface area contributed by atoms with Crippen LogP contribution in [0.4, 0.5) is 5.69 Å². The number of imidazole rings is 1. The van der Waals surface area contributed by atoms with Crippen LogP contribution >= 0.6 is 11.6 Å². The summed E-state index contributed by atoms with van der Waals surface area (Å²) in [6.07, 6.45) is 10.6. The van der Waals surface area contributed by atoms with Crippen LogP contribution in [0.5, 0.6) is 0 Å². The number of hydrogen-bond acceptors (Lipinski definition) is 3. The number of piperidine rings is 1. The molecule has 0 spiro atoms. The molecule has 1 aromatic carbocycles. The average Bonchev–Trinajstić information content (AvgIpc) is 3.15. The Morgan fingerprint density at radius 3 is 2.66 bits per heavy atom. The van der Waals surface area contributed by atoms with E-state index in [1.807, 2.05) is 0 Å². The lowest BCUT2D eigenvalue weighted by Gasteiger charge is -2.33. The van der Waals surface area contributed by atoms with E-state index in [-0.39, 0.29) is 11.7 Å². The fourth-order valence-corrected chi connectivity index (χ4v) is 4.85. The molecule has 5 nitrogen and oxygen atoms in total. The third kappa shape index (κ3) is 4.73. The zero-order valence-corrected chi connectivity index (χ0v) is 17.9. The van der Waals surface area contributed by atoms with Crippen LogP contribution in [-0.4, -0.2) is 28.0 Å². The van der Waals surface area contributed by atoms with Gasteiger partial charge in [0.15, 0.2) is 5.82 Å². The second kappa shape index (κ2) is 8.72. The van der Waals surface area contributed by atoms with Crippen LogP contribution in [0.3, 0.4) is 0 Å². The minimum atomic E-state index is -0.272. The third-order valence-corrected chi connectivity index (χ3v) is 6.20. The van der Waals surface area contributed by atoms with E-state index in [9.17, 15) is 4.79 Å². The van der Waals surface area contributed by atoms with Gasteiger partial charge in [-0.05, 0) is 81.6 Å². The molecule has 1 unspecified atom stereocenters. The fraction of sp³-hybridized carbons (Fsp3) is 0.478. The maximum atomic E-state index is 12.6. The molecule has 154 valence electrons. The molecule has 0 radical (unpaired) electrons. The predicted octanol–water partition coefficient (Wildman–Crippen LogP) is 5.52. The van der Waals surface area contributed by atoms with Crippen molar-refractivity contribution in [3.8, 4) is 0 Å². The largest absolute Gasteiger partial charge is 0.325 e. The van der Waals surface area contributed by atoms with Gasteiger partial charge in [0.25, 0.3) is 5.91 Å². The third-order valence-electron chi connectivity index (χ3n) is 6.01. The van der Waals surface area contributed by atoms with E-state index < -0.39 is 0 Å². The quantitative estimate of drug-likeness (QED) is 0.619. The van der Waals surface area contributed by atoms with Gasteiger partial charge < -0.3 is 15.6 Å². The summed E-state index contributed by atoms with van der Waals surface area (Å²) in [5.41, 5.74) is 4.69. The number of aromatic amines is 1. The van der Waals surface area contributed by atoms with Gasteiger partial charge in [-0.25, -0.2) is 4.98 Å². The first-order valence-corrected chi connectivity index (χ1v) is 11.0. The van der Waals surface area contributed by atoms with Gasteiger partial charge in [-0.15, -0.1) is 0 Å². The van der Waals surface area contributed by atoms with Crippen molar-refractivity contribution in [3.05, 3.63) is 52.6 Å². The Hall–Kier alpha value is -2.11. The highest BCUT2D eigenvalue weighted by atomic mass is 35.5. The van der Waals surface area contributed by atoms with Crippen LogP contribution in [0.2, 0.25) is 5.15 Å². The van der Waals surface area contributed by atoms with Crippen molar-refractivity contribution in [3.63, 3.8) is 0 Å². The van der Waals surface area contributed by atoms with E-state index in [2.05, 4.69) is 58.7 Å². The van der Waals surface area contributed by atoms with E-state index in [1.54, 1.807) is 0 Å². The number of carbonyl (C=O) groups is 1. The maximum absolute atomic E-state index is 12.6. The molecule has 3 atom stereocenters. The molecule has 1 aromatic heterocycles. The Kier molecular flexibility index (Phi) is 6.07. The molecule has 29 heavy (non-hydrogen) atoms. The van der Waals surface area contributed by atoms with E-state index in [0.29, 0.717) is 23.2 Å². The highest BCUT2D eigenvalue weighted by molar-refractivity contribution is 6.29. The summed E-state index contributed by atoms with van der Waals surface area (Å²) in [6, 6.07) is 7.57. The molecule has 1 amide bonds. The number of halogens is 1. The van der Waals surface area contributed by atoms with Crippen molar-refractivity contribution in [2.45, 2.75) is 70.4 Å². The zero-order valence-electron chi connectivity index (χ0n) is 17.1. The second-order valence-electron chi connectivity index (χ2n) is 8.45. The molecule has 1 saturated heterocycles. The number of carbonyl (C=O) groups excluding carboxylic acids is 1. The summed E-state index contributed by atoms with van der Waals surface area (Å²) in [5, 5.41) is 7.02. The lowest BCUT2D eigenvalue weighted by molar-refractivity contribution is 0.101. The Morgan fingerprint density at radius 2 is 2.00 bits per heavy atom. The van der Waals surface area contributed by atoms with Gasteiger partial charge in [-0.2, -0.15) is 0 Å². The number of nitrogens with zero attached hydrogens (tertiary/aromatic N) is 1. The Balaban J connectivity index is 1.65. The van der Waals surface area contributed by atoms with Gasteiger partial charge in [-0.3, -0.25) is 4.79 Å². The van der Waals surface area contributed by atoms with Crippen molar-refractivity contribution in [2.24, 2.45) is 0 Å². The molecule has 0 bridgehead atoms. The minimum absolute atomic E-state index is 0.226. The number of amides is 1. The first kappa shape index (κ1) is 20.2. The number of rotatable bonds is 4. The van der Waals surface area contributed by atoms with Crippen LogP contribution in [0, 0.1) is 0 Å². The number of anilines is 1. The molecule has 1 fully saturated rings. The fourth-order valence-electron chi connectivity index (χ4n) is 4.71. The van der Waals surface area contributed by atoms with Gasteiger partial charge in [-0.1, -0.05) is 23.7 Å². The molecule has 6 heteroatoms. The van der Waals surface area contributed by atoms with Crippen LogP contribution < -0.4 is 10.6 Å². The maximum Gasteiger partial charge on any atom is 0.291 e. The monoisotopic (exact) mass is 412 g/mol. The first-order valence-electron chi connectivity index (χ1n) is 10.6. The average molecular weight is 413 g/mol. The van der Waals surface area contributed by atoms with Gasteiger partial charge in [0, 0.05) is 23.3 Å². The van der Waals surface area contributed by atoms with E-state index in [4.69, 9.17) is 11.6 Å². The highest BCUT2D eigenvalue weighted by Gasteiger charge is 2.25. The zero-order chi connectivity index (χ0) is 20.4. The van der Waals surface area contributed by atoms with E-state index in [0.717, 1.165) is 36.9 Å². The lowest BCUT2D eigenvalue weighted by Crippen LogP contribution is -2.41. The van der Waals surface area contributed by atoms with Crippen molar-refractivity contribution in [1.82, 2.24) is 15.3 Å². The van der Waals surface area contributed by atoms with Gasteiger partial charge in [0.1, 0.15) is 5.15 Å². The predicted molar refractivity (Wildman–Crippen MR) is 118 cm³/mol. The van der Waals surface area contributed by atoms with Crippen molar-refractivity contribution >= 4 is 28.8 Å². The molecular formula is C23H29ClN4O. The SMILES string of the molecule is C[C@@H]1CC(c2ccc(NC(=O)c3ncc(Cl)[nH]3)c(C3=CCCCC3)c2)C[C@H](C)N1. The molecule has 0 saturated carbocycles. The highest BCUT2D eigenvalue weighted by Crippen LogP contribution is 2.37. The normalized spacial score (nSPS) is 24.8. The minimum Gasteiger partial charge on any atom is -0.325 e. The number of hydrogen-bond donors (Lipinski definition) is 3. The number of allylic oxidation sites excluding steroid dienone is 2. The number of H-pyrrole nitrogens is 1. The molecule has 3 N–H and O–H groups in total. The van der Waals surface area contributed by atoms with Crippen LogP contribution in [0.15, 0.2) is 30.5 Å². The number of aromatic nitrogens is 2. The summed E-state index contributed by atoms with van der Waals surface area (Å²) < 4.78 is 0. The standard InChI is InChI=1S/C23H29ClN4O/c1-14-10-18(11-15(2)26-14)17-8-9-20(19(12-17)16-6-4-3-5-7-16)27-23(29)22-25-13-21(24)28-22/h6,8-9,12-15,18,26H,3-5,7,10-11H2,1-2H3,(H,25,28)(H,27,29)/t14-,15+,18?. The van der Waals surface area contributed by atoms with Gasteiger partial charge in [0.2, 0.25) is 0 Å². The van der Waals surface area contributed by atoms with E-state index >= 15 is 0 Å². The van der Waals surface area contributed by atoms with Crippen LogP contribution in [0.25, 0.3) is 5.57 Å². The molecule has 2 heterocycles. The topological polar surface area (TPSA) is 69.8 Å². The van der Waals surface area contributed by atoms with Crippen molar-refractivity contribution in [1.29, 1.82) is 0 Å². The van der Waals surface area contributed by atoms with Gasteiger partial charge in [0.05, 0.1) is 6.20 Å².